The number of nitrogens with one attached hydrogen (secondary N) is 1. The molecule has 1 rings (SSSR count). The largest absolute Gasteiger partial charge is 0.365 e. The highest BCUT2D eigenvalue weighted by Crippen LogP contribution is 2.20. The average molecular weight is 163 g/mol. The summed E-state index contributed by atoms with van der Waals surface area (Å²) in [6.07, 6.45) is 6.33. The van der Waals surface area contributed by atoms with Gasteiger partial charge in [0, 0.05) is 17.8 Å². The lowest BCUT2D eigenvalue weighted by Gasteiger charge is -2.06. The van der Waals surface area contributed by atoms with Gasteiger partial charge >= 0.3 is 0 Å². The van der Waals surface area contributed by atoms with Gasteiger partial charge in [0.15, 0.2) is 0 Å². The van der Waals surface area contributed by atoms with Crippen molar-refractivity contribution in [2.75, 3.05) is 0 Å². The van der Waals surface area contributed by atoms with Gasteiger partial charge in [0.25, 0.3) is 0 Å². The van der Waals surface area contributed by atoms with E-state index in [9.17, 15) is 0 Å². The Labute approximate surface area is 74.5 Å². The maximum Gasteiger partial charge on any atom is 0.0185 e. The highest BCUT2D eigenvalue weighted by Gasteiger charge is 2.06. The molecule has 1 N–H and O–H groups in total. The fourth-order valence-electron chi connectivity index (χ4n) is 1.44. The monoisotopic (exact) mass is 163 g/mol. The molecule has 0 aliphatic rings. The Morgan fingerprint density at radius 1 is 1.67 bits per heavy atom. The molecule has 0 fully saturated rings. The first-order valence-corrected chi connectivity index (χ1v) is 4.58. The van der Waals surface area contributed by atoms with Crippen molar-refractivity contribution in [2.24, 2.45) is 0 Å². The first kappa shape index (κ1) is 9.11. The molecule has 1 unspecified atom stereocenters. The fourth-order valence-corrected chi connectivity index (χ4v) is 1.44. The number of H-pyrrole nitrogens is 1. The third-order valence-electron chi connectivity index (χ3n) is 2.21. The number of aromatic amines is 1. The van der Waals surface area contributed by atoms with Gasteiger partial charge < -0.3 is 4.98 Å². The van der Waals surface area contributed by atoms with Gasteiger partial charge in [0.1, 0.15) is 0 Å². The third-order valence-corrected chi connectivity index (χ3v) is 2.21. The normalized spacial score (nSPS) is 12.8. The zero-order chi connectivity index (χ0) is 8.97. The second kappa shape index (κ2) is 4.15. The molecule has 12 heavy (non-hydrogen) atoms. The molecule has 1 heteroatoms. The van der Waals surface area contributed by atoms with Crippen molar-refractivity contribution in [3.63, 3.8) is 0 Å². The van der Waals surface area contributed by atoms with Gasteiger partial charge in [-0.2, -0.15) is 0 Å². The first-order valence-electron chi connectivity index (χ1n) is 4.58. The van der Waals surface area contributed by atoms with E-state index < -0.39 is 0 Å². The van der Waals surface area contributed by atoms with Crippen molar-refractivity contribution in [1.82, 2.24) is 4.98 Å². The Morgan fingerprint density at radius 2 is 2.42 bits per heavy atom. The zero-order valence-electron chi connectivity index (χ0n) is 7.93. The molecule has 0 saturated carbocycles. The van der Waals surface area contributed by atoms with E-state index in [1.165, 1.54) is 17.7 Å². The van der Waals surface area contributed by atoms with E-state index in [0.717, 1.165) is 6.42 Å². The van der Waals surface area contributed by atoms with Crippen molar-refractivity contribution in [2.45, 2.75) is 32.6 Å². The van der Waals surface area contributed by atoms with E-state index in [1.54, 1.807) is 0 Å². The average Bonchev–Trinajstić information content (AvgIpc) is 2.52. The summed E-state index contributed by atoms with van der Waals surface area (Å²) in [6, 6.07) is 2.15. The van der Waals surface area contributed by atoms with E-state index in [0.29, 0.717) is 5.92 Å². The Hall–Kier alpha value is -0.980. The van der Waals surface area contributed by atoms with Crippen LogP contribution in [0.5, 0.6) is 0 Å². The van der Waals surface area contributed by atoms with Crippen molar-refractivity contribution in [3.8, 4) is 0 Å². The molecule has 0 saturated heterocycles. The lowest BCUT2D eigenvalue weighted by Crippen LogP contribution is -1.93. The summed E-state index contributed by atoms with van der Waals surface area (Å²) in [5.41, 5.74) is 2.76. The molecular weight excluding hydrogens is 146 g/mol. The van der Waals surface area contributed by atoms with Crippen LogP contribution in [0.25, 0.3) is 0 Å². The topological polar surface area (TPSA) is 15.8 Å². The van der Waals surface area contributed by atoms with Crippen molar-refractivity contribution < 1.29 is 0 Å². The predicted octanol–water partition coefficient (Wildman–Crippen LogP) is 3.26. The van der Waals surface area contributed by atoms with Gasteiger partial charge in [-0.15, -0.1) is 6.58 Å². The highest BCUT2D eigenvalue weighted by molar-refractivity contribution is 5.27. The smallest absolute Gasteiger partial charge is 0.0185 e. The minimum Gasteiger partial charge on any atom is -0.365 e. The van der Waals surface area contributed by atoms with E-state index in [2.05, 4.69) is 31.5 Å². The molecule has 1 aromatic rings. The highest BCUT2D eigenvalue weighted by atomic mass is 14.7. The van der Waals surface area contributed by atoms with Crippen molar-refractivity contribution >= 4 is 0 Å². The molecule has 0 spiro atoms. The summed E-state index contributed by atoms with van der Waals surface area (Å²) in [5.74, 6) is 0.470. The number of allylic oxidation sites excluding steroid dienone is 1. The molecule has 0 aliphatic heterocycles. The van der Waals surface area contributed by atoms with Crippen LogP contribution in [0.15, 0.2) is 24.9 Å². The number of rotatable bonds is 4. The first-order chi connectivity index (χ1) is 5.79. The predicted molar refractivity (Wildman–Crippen MR) is 53.4 cm³/mol. The van der Waals surface area contributed by atoms with Crippen LogP contribution >= 0.6 is 0 Å². The van der Waals surface area contributed by atoms with Gasteiger partial charge in [-0.05, 0) is 18.1 Å². The Kier molecular flexibility index (Phi) is 3.15. The van der Waals surface area contributed by atoms with Gasteiger partial charge in [0.05, 0.1) is 0 Å². The Morgan fingerprint density at radius 3 is 3.00 bits per heavy atom. The molecular formula is C11H17N. The number of hydrogen-bond donors (Lipinski definition) is 1. The second-order valence-electron chi connectivity index (χ2n) is 3.19. The lowest BCUT2D eigenvalue weighted by molar-refractivity contribution is 0.851. The minimum atomic E-state index is 0.470. The van der Waals surface area contributed by atoms with E-state index in [4.69, 9.17) is 0 Å². The molecule has 1 aromatic heterocycles. The molecule has 1 atom stereocenters. The zero-order valence-corrected chi connectivity index (χ0v) is 7.93. The molecule has 1 nitrogen and oxygen atoms in total. The van der Waals surface area contributed by atoms with Crippen molar-refractivity contribution in [1.29, 1.82) is 0 Å². The summed E-state index contributed by atoms with van der Waals surface area (Å²) in [5, 5.41) is 0. The number of hydrogen-bond acceptors (Lipinski definition) is 0. The summed E-state index contributed by atoms with van der Waals surface area (Å²) < 4.78 is 0. The maximum absolute atomic E-state index is 3.80. The summed E-state index contributed by atoms with van der Waals surface area (Å²) in [4.78, 5) is 3.27. The molecule has 0 aromatic carbocycles. The summed E-state index contributed by atoms with van der Waals surface area (Å²) in [6.45, 7) is 8.18. The van der Waals surface area contributed by atoms with Gasteiger partial charge in [-0.1, -0.05) is 26.3 Å². The Bertz CT molecular complexity index is 247. The van der Waals surface area contributed by atoms with Crippen LogP contribution in [0.1, 0.15) is 37.4 Å². The van der Waals surface area contributed by atoms with Crippen LogP contribution in [0.4, 0.5) is 0 Å². The minimum absolute atomic E-state index is 0.470. The molecule has 66 valence electrons. The molecule has 0 radical (unpaired) electrons. The van der Waals surface area contributed by atoms with Gasteiger partial charge in [-0.3, -0.25) is 0 Å². The molecule has 1 heterocycles. The van der Waals surface area contributed by atoms with Crippen LogP contribution in [-0.4, -0.2) is 4.98 Å². The standard InChI is InChI=1S/C11H17N/c1-4-6-11-10(7-8-12-11)9(3)5-2/h5,7-9,12H,2,4,6H2,1,3H3. The molecule has 0 amide bonds. The van der Waals surface area contributed by atoms with E-state index >= 15 is 0 Å². The van der Waals surface area contributed by atoms with E-state index in [1.807, 2.05) is 12.3 Å². The maximum atomic E-state index is 3.80. The fraction of sp³-hybridized carbons (Fsp3) is 0.455. The van der Waals surface area contributed by atoms with Crippen LogP contribution < -0.4 is 0 Å². The number of aryl methyl sites for hydroxylation is 1. The van der Waals surface area contributed by atoms with Crippen LogP contribution in [0.3, 0.4) is 0 Å². The lowest BCUT2D eigenvalue weighted by atomic mass is 10.00. The van der Waals surface area contributed by atoms with Gasteiger partial charge in [0.2, 0.25) is 0 Å². The van der Waals surface area contributed by atoms with Gasteiger partial charge in [-0.25, -0.2) is 0 Å². The second-order valence-corrected chi connectivity index (χ2v) is 3.19. The SMILES string of the molecule is C=CC(C)c1cc[nH]c1CCC. The van der Waals surface area contributed by atoms with E-state index in [-0.39, 0.29) is 0 Å². The van der Waals surface area contributed by atoms with Crippen molar-refractivity contribution in [3.05, 3.63) is 36.2 Å². The number of aromatic nitrogens is 1. The summed E-state index contributed by atoms with van der Waals surface area (Å²) in [7, 11) is 0. The van der Waals surface area contributed by atoms with Crippen LogP contribution in [0, 0.1) is 0 Å². The van der Waals surface area contributed by atoms with Crippen LogP contribution in [0.2, 0.25) is 0 Å². The summed E-state index contributed by atoms with van der Waals surface area (Å²) >= 11 is 0. The molecule has 0 aliphatic carbocycles. The third kappa shape index (κ3) is 1.79. The molecule has 0 bridgehead atoms. The van der Waals surface area contributed by atoms with Crippen LogP contribution in [-0.2, 0) is 6.42 Å². The quantitative estimate of drug-likeness (QED) is 0.656. The Balaban J connectivity index is 2.82.